The maximum atomic E-state index is 6.23. The van der Waals surface area contributed by atoms with Gasteiger partial charge in [0.25, 0.3) is 0 Å². The maximum Gasteiger partial charge on any atom is 0.242 e. The molecule has 0 radical (unpaired) electrons. The zero-order valence-corrected chi connectivity index (χ0v) is 28.8. The second-order valence-electron chi connectivity index (χ2n) is 14.2. The molecule has 0 bridgehead atoms. The molecule has 0 spiro atoms. The summed E-state index contributed by atoms with van der Waals surface area (Å²) in [6.45, 7) is 11.3. The van der Waals surface area contributed by atoms with E-state index in [0.29, 0.717) is 0 Å². The van der Waals surface area contributed by atoms with E-state index in [4.69, 9.17) is 13.6 Å². The standard InChI is InChI=1S/C45H39BO3/c1-26-12-17-38(28(3)21-26)46(45-29(4)22-27(2)23-30(45)5)39-25-37(42-11-8-20-49-42)33-14-13-31-35(40-9-6-18-47-40)24-36(41-10-7-19-48-41)32-15-16-34(39)44(33)43(31)32/h6-9,11-14,17-25,41H,10,15-16H2,1-5H3. The summed E-state index contributed by atoms with van der Waals surface area (Å²) in [6, 6.07) is 29.2. The third-order valence-corrected chi connectivity index (χ3v) is 11.0. The van der Waals surface area contributed by atoms with Crippen LogP contribution < -0.4 is 16.4 Å². The Hall–Kier alpha value is -5.22. The van der Waals surface area contributed by atoms with Crippen LogP contribution in [-0.2, 0) is 17.6 Å². The fourth-order valence-corrected chi connectivity index (χ4v) is 9.07. The lowest BCUT2D eigenvalue weighted by Gasteiger charge is -2.30. The molecule has 1 aliphatic carbocycles. The molecule has 0 saturated heterocycles. The number of hydrogen-bond acceptors (Lipinski definition) is 3. The van der Waals surface area contributed by atoms with Crippen LogP contribution in [0.2, 0.25) is 0 Å². The molecule has 4 heteroatoms. The topological polar surface area (TPSA) is 35.5 Å². The first-order chi connectivity index (χ1) is 23.9. The van der Waals surface area contributed by atoms with Gasteiger partial charge in [0.1, 0.15) is 17.6 Å². The van der Waals surface area contributed by atoms with Crippen molar-refractivity contribution in [2.75, 3.05) is 0 Å². The largest absolute Gasteiger partial charge is 0.493 e. The molecule has 2 aliphatic rings. The molecule has 49 heavy (non-hydrogen) atoms. The third-order valence-electron chi connectivity index (χ3n) is 11.0. The molecule has 3 heterocycles. The lowest BCUT2D eigenvalue weighted by Crippen LogP contribution is -2.56. The van der Waals surface area contributed by atoms with E-state index in [1.54, 1.807) is 12.5 Å². The SMILES string of the molecule is Cc1ccc(B(c2cc(-c3ccco3)c3ccc4c(-c5ccco5)cc(C5CC=CO5)c5c4c3c2CC5)c2c(C)cc(C)cc2C)c(C)c1. The molecule has 1 unspecified atom stereocenters. The Kier molecular flexibility index (Phi) is 6.98. The van der Waals surface area contributed by atoms with Crippen LogP contribution in [0.3, 0.4) is 0 Å². The first-order valence-corrected chi connectivity index (χ1v) is 17.5. The van der Waals surface area contributed by atoms with Crippen LogP contribution in [0.4, 0.5) is 0 Å². The highest BCUT2D eigenvalue weighted by atomic mass is 16.5. The van der Waals surface area contributed by atoms with Crippen LogP contribution in [0.1, 0.15) is 57.0 Å². The van der Waals surface area contributed by atoms with E-state index in [2.05, 4.69) is 107 Å². The highest BCUT2D eigenvalue weighted by molar-refractivity contribution is 6.96. The molecule has 3 nitrogen and oxygen atoms in total. The van der Waals surface area contributed by atoms with Gasteiger partial charge in [0.15, 0.2) is 0 Å². The molecule has 0 N–H and O–H groups in total. The Morgan fingerprint density at radius 2 is 1.24 bits per heavy atom. The molecule has 5 aromatic carbocycles. The zero-order valence-electron chi connectivity index (χ0n) is 28.8. The van der Waals surface area contributed by atoms with Gasteiger partial charge in [0, 0.05) is 17.5 Å². The smallest absolute Gasteiger partial charge is 0.242 e. The van der Waals surface area contributed by atoms with Crippen molar-refractivity contribution in [3.8, 4) is 22.6 Å². The monoisotopic (exact) mass is 638 g/mol. The van der Waals surface area contributed by atoms with Crippen LogP contribution in [0.5, 0.6) is 0 Å². The summed E-state index contributed by atoms with van der Waals surface area (Å²) >= 11 is 0. The number of hydrogen-bond donors (Lipinski definition) is 0. The van der Waals surface area contributed by atoms with Gasteiger partial charge < -0.3 is 13.6 Å². The van der Waals surface area contributed by atoms with Crippen molar-refractivity contribution in [1.29, 1.82) is 0 Å². The van der Waals surface area contributed by atoms with Gasteiger partial charge in [-0.25, -0.2) is 0 Å². The van der Waals surface area contributed by atoms with Gasteiger partial charge in [-0.2, -0.15) is 0 Å². The van der Waals surface area contributed by atoms with Crippen molar-refractivity contribution in [2.24, 2.45) is 0 Å². The van der Waals surface area contributed by atoms with Crippen molar-refractivity contribution >= 4 is 44.6 Å². The number of aryl methyl sites for hydroxylation is 7. The highest BCUT2D eigenvalue weighted by Gasteiger charge is 2.34. The number of benzene rings is 5. The van der Waals surface area contributed by atoms with Gasteiger partial charge in [-0.1, -0.05) is 92.7 Å². The second-order valence-corrected chi connectivity index (χ2v) is 14.2. The van der Waals surface area contributed by atoms with Gasteiger partial charge in [0.2, 0.25) is 6.71 Å². The van der Waals surface area contributed by atoms with Crippen LogP contribution in [0.25, 0.3) is 44.2 Å². The molecule has 0 saturated carbocycles. The summed E-state index contributed by atoms with van der Waals surface area (Å²) in [6.07, 6.45) is 10.3. The van der Waals surface area contributed by atoms with Crippen molar-refractivity contribution in [3.05, 3.63) is 148 Å². The van der Waals surface area contributed by atoms with Crippen molar-refractivity contribution in [2.45, 2.75) is 60.0 Å². The average Bonchev–Trinajstić information content (AvgIpc) is 3.90. The van der Waals surface area contributed by atoms with E-state index in [0.717, 1.165) is 41.9 Å². The predicted octanol–water partition coefficient (Wildman–Crippen LogP) is 9.64. The van der Waals surface area contributed by atoms with E-state index in [-0.39, 0.29) is 12.8 Å². The molecule has 240 valence electrons. The van der Waals surface area contributed by atoms with E-state index < -0.39 is 0 Å². The maximum absolute atomic E-state index is 6.23. The molecular formula is C45H39BO3. The van der Waals surface area contributed by atoms with Crippen LogP contribution in [0.15, 0.2) is 113 Å². The number of furan rings is 2. The molecular weight excluding hydrogens is 599 g/mol. The second kappa shape index (κ2) is 11.4. The Bertz CT molecular complexity index is 2420. The van der Waals surface area contributed by atoms with E-state index in [1.807, 2.05) is 18.4 Å². The van der Waals surface area contributed by atoms with Gasteiger partial charge in [-0.15, -0.1) is 0 Å². The minimum Gasteiger partial charge on any atom is -0.493 e. The van der Waals surface area contributed by atoms with E-state index >= 15 is 0 Å². The minimum atomic E-state index is -0.00143. The zero-order chi connectivity index (χ0) is 33.4. The molecule has 1 atom stereocenters. The Morgan fingerprint density at radius 1 is 0.612 bits per heavy atom. The Balaban J connectivity index is 1.46. The third kappa shape index (κ3) is 4.72. The van der Waals surface area contributed by atoms with Crippen molar-refractivity contribution in [1.82, 2.24) is 0 Å². The lowest BCUT2D eigenvalue weighted by atomic mass is 9.33. The molecule has 9 rings (SSSR count). The molecule has 1 aliphatic heterocycles. The minimum absolute atomic E-state index is 0.00143. The molecule has 0 fully saturated rings. The Morgan fingerprint density at radius 3 is 1.86 bits per heavy atom. The molecule has 0 amide bonds. The van der Waals surface area contributed by atoms with E-state index in [9.17, 15) is 0 Å². The van der Waals surface area contributed by atoms with E-state index in [1.165, 1.54) is 82.4 Å². The van der Waals surface area contributed by atoms with Gasteiger partial charge in [-0.05, 0) is 122 Å². The van der Waals surface area contributed by atoms with Gasteiger partial charge in [0.05, 0.1) is 18.8 Å². The van der Waals surface area contributed by atoms with Crippen LogP contribution in [-0.4, -0.2) is 6.71 Å². The first-order valence-electron chi connectivity index (χ1n) is 17.5. The van der Waals surface area contributed by atoms with Gasteiger partial charge in [-0.3, -0.25) is 0 Å². The predicted molar refractivity (Wildman–Crippen MR) is 203 cm³/mol. The fourth-order valence-electron chi connectivity index (χ4n) is 9.07. The number of ether oxygens (including phenoxy) is 1. The summed E-state index contributed by atoms with van der Waals surface area (Å²) in [4.78, 5) is 0. The molecule has 7 aromatic rings. The van der Waals surface area contributed by atoms with Crippen molar-refractivity contribution < 1.29 is 13.6 Å². The fraction of sp³-hybridized carbons (Fsp3) is 0.200. The van der Waals surface area contributed by atoms with Crippen LogP contribution in [0, 0.1) is 34.6 Å². The summed E-state index contributed by atoms with van der Waals surface area (Å²) in [5.74, 6) is 1.77. The first kappa shape index (κ1) is 29.9. The lowest BCUT2D eigenvalue weighted by molar-refractivity contribution is 0.172. The highest BCUT2D eigenvalue weighted by Crippen LogP contribution is 2.46. The summed E-state index contributed by atoms with van der Waals surface area (Å²) in [5.41, 5.74) is 17.0. The average molecular weight is 639 g/mol. The van der Waals surface area contributed by atoms with Crippen LogP contribution >= 0.6 is 0 Å². The normalized spacial score (nSPS) is 15.1. The summed E-state index contributed by atoms with van der Waals surface area (Å²) in [7, 11) is 0. The van der Waals surface area contributed by atoms with Crippen molar-refractivity contribution in [3.63, 3.8) is 0 Å². The molecule has 2 aromatic heterocycles. The quantitative estimate of drug-likeness (QED) is 0.134. The number of rotatable bonds is 6. The summed E-state index contributed by atoms with van der Waals surface area (Å²) < 4.78 is 18.5. The summed E-state index contributed by atoms with van der Waals surface area (Å²) in [5, 5.41) is 5.11. The van der Waals surface area contributed by atoms with Gasteiger partial charge >= 0.3 is 0 Å². The Labute approximate surface area is 288 Å².